The van der Waals surface area contributed by atoms with Crippen molar-refractivity contribution >= 4 is 27.9 Å². The van der Waals surface area contributed by atoms with E-state index in [4.69, 9.17) is 16.0 Å². The van der Waals surface area contributed by atoms with Gasteiger partial charge < -0.3 is 9.73 Å². The lowest BCUT2D eigenvalue weighted by Crippen LogP contribution is -2.14. The van der Waals surface area contributed by atoms with E-state index >= 15 is 0 Å². The van der Waals surface area contributed by atoms with Gasteiger partial charge in [0.1, 0.15) is 5.76 Å². The molecule has 0 amide bonds. The first-order chi connectivity index (χ1) is 8.75. The average Bonchev–Trinajstić information content (AvgIpc) is 3.02. The molecule has 0 aliphatic heterocycles. The fourth-order valence-corrected chi connectivity index (χ4v) is 3.08. The average molecular weight is 282 g/mol. The second-order valence-corrected chi connectivity index (χ2v) is 5.22. The van der Waals surface area contributed by atoms with Gasteiger partial charge >= 0.3 is 0 Å². The number of aromatic nitrogens is 2. The summed E-state index contributed by atoms with van der Waals surface area (Å²) in [5, 5.41) is 5.95. The third kappa shape index (κ3) is 2.05. The standard InChI is InChI=1S/C12H12ClN3OS/c1-8-7-18-12-15-11(13)10(16(8)12)6-14-5-9-3-2-4-17-9/h2-4,7,14H,5-6H2,1H3. The van der Waals surface area contributed by atoms with Crippen molar-refractivity contribution in [2.24, 2.45) is 0 Å². The normalized spacial score (nSPS) is 11.4. The molecule has 0 spiro atoms. The summed E-state index contributed by atoms with van der Waals surface area (Å²) in [6.45, 7) is 3.40. The van der Waals surface area contributed by atoms with Crippen molar-refractivity contribution in [2.45, 2.75) is 20.0 Å². The summed E-state index contributed by atoms with van der Waals surface area (Å²) < 4.78 is 7.35. The molecule has 0 bridgehead atoms. The summed E-state index contributed by atoms with van der Waals surface area (Å²) in [4.78, 5) is 5.27. The number of imidazole rings is 1. The lowest BCUT2D eigenvalue weighted by molar-refractivity contribution is 0.481. The molecule has 3 aromatic heterocycles. The molecule has 0 fully saturated rings. The summed E-state index contributed by atoms with van der Waals surface area (Å²) >= 11 is 7.75. The van der Waals surface area contributed by atoms with Gasteiger partial charge in [-0.15, -0.1) is 11.3 Å². The van der Waals surface area contributed by atoms with Gasteiger partial charge in [-0.2, -0.15) is 0 Å². The number of hydrogen-bond donors (Lipinski definition) is 1. The summed E-state index contributed by atoms with van der Waals surface area (Å²) in [7, 11) is 0. The van der Waals surface area contributed by atoms with Crippen LogP contribution in [0.4, 0.5) is 0 Å². The van der Waals surface area contributed by atoms with E-state index in [1.165, 1.54) is 0 Å². The Morgan fingerprint density at radius 1 is 1.50 bits per heavy atom. The van der Waals surface area contributed by atoms with E-state index < -0.39 is 0 Å². The molecular weight excluding hydrogens is 270 g/mol. The van der Waals surface area contributed by atoms with Gasteiger partial charge in [0.25, 0.3) is 0 Å². The van der Waals surface area contributed by atoms with Crippen molar-refractivity contribution in [1.82, 2.24) is 14.7 Å². The molecule has 0 unspecified atom stereocenters. The number of nitrogens with one attached hydrogen (secondary N) is 1. The van der Waals surface area contributed by atoms with Gasteiger partial charge in [-0.3, -0.25) is 4.40 Å². The van der Waals surface area contributed by atoms with Gasteiger partial charge in [-0.25, -0.2) is 4.98 Å². The molecule has 4 nitrogen and oxygen atoms in total. The molecule has 0 saturated heterocycles. The summed E-state index contributed by atoms with van der Waals surface area (Å²) in [5.41, 5.74) is 2.15. The Hall–Kier alpha value is -1.30. The molecule has 0 aromatic carbocycles. The number of hydrogen-bond acceptors (Lipinski definition) is 4. The zero-order valence-corrected chi connectivity index (χ0v) is 11.4. The van der Waals surface area contributed by atoms with Crippen LogP contribution in [0.2, 0.25) is 5.15 Å². The third-order valence-electron chi connectivity index (χ3n) is 2.75. The molecule has 18 heavy (non-hydrogen) atoms. The number of halogens is 1. The predicted octanol–water partition coefficient (Wildman–Crippen LogP) is 3.24. The van der Waals surface area contributed by atoms with Crippen molar-refractivity contribution in [1.29, 1.82) is 0 Å². The fraction of sp³-hybridized carbons (Fsp3) is 0.250. The second kappa shape index (κ2) is 4.76. The Kier molecular flexibility index (Phi) is 3.11. The quantitative estimate of drug-likeness (QED) is 0.798. The Bertz CT molecular complexity index is 656. The highest BCUT2D eigenvalue weighted by molar-refractivity contribution is 7.15. The van der Waals surface area contributed by atoms with E-state index in [-0.39, 0.29) is 0 Å². The number of aryl methyl sites for hydroxylation is 1. The first kappa shape index (κ1) is 11.8. The molecule has 6 heteroatoms. The first-order valence-electron chi connectivity index (χ1n) is 5.59. The highest BCUT2D eigenvalue weighted by Gasteiger charge is 2.13. The molecule has 0 aliphatic rings. The lowest BCUT2D eigenvalue weighted by atomic mass is 10.4. The molecular formula is C12H12ClN3OS. The van der Waals surface area contributed by atoms with Crippen LogP contribution < -0.4 is 5.32 Å². The highest BCUT2D eigenvalue weighted by Crippen LogP contribution is 2.23. The monoisotopic (exact) mass is 281 g/mol. The molecule has 1 N–H and O–H groups in total. The van der Waals surface area contributed by atoms with Crippen LogP contribution in [0.1, 0.15) is 17.1 Å². The third-order valence-corrected chi connectivity index (χ3v) is 4.00. The van der Waals surface area contributed by atoms with E-state index in [1.54, 1.807) is 17.6 Å². The molecule has 0 aliphatic carbocycles. The van der Waals surface area contributed by atoms with Crippen LogP contribution in [0.5, 0.6) is 0 Å². The molecule has 3 aromatic rings. The maximum absolute atomic E-state index is 6.15. The van der Waals surface area contributed by atoms with Gasteiger partial charge in [-0.1, -0.05) is 11.6 Å². The molecule has 94 valence electrons. The predicted molar refractivity (Wildman–Crippen MR) is 72.1 cm³/mol. The fourth-order valence-electron chi connectivity index (χ4n) is 1.91. The van der Waals surface area contributed by atoms with Gasteiger partial charge in [-0.05, 0) is 19.1 Å². The number of rotatable bonds is 4. The van der Waals surface area contributed by atoms with Crippen LogP contribution in [0.25, 0.3) is 4.96 Å². The van der Waals surface area contributed by atoms with Gasteiger partial charge in [0, 0.05) is 17.6 Å². The molecule has 0 radical (unpaired) electrons. The van der Waals surface area contributed by atoms with Crippen molar-refractivity contribution in [2.75, 3.05) is 0 Å². The van der Waals surface area contributed by atoms with Gasteiger partial charge in [0.05, 0.1) is 18.5 Å². The zero-order chi connectivity index (χ0) is 12.5. The number of nitrogens with zero attached hydrogens (tertiary/aromatic N) is 2. The minimum atomic E-state index is 0.567. The topological polar surface area (TPSA) is 42.5 Å². The van der Waals surface area contributed by atoms with Crippen molar-refractivity contribution in [3.05, 3.63) is 46.1 Å². The van der Waals surface area contributed by atoms with Crippen molar-refractivity contribution in [3.8, 4) is 0 Å². The van der Waals surface area contributed by atoms with Crippen LogP contribution in [0.15, 0.2) is 28.2 Å². The Labute approximate surface area is 113 Å². The van der Waals surface area contributed by atoms with Crippen LogP contribution in [-0.2, 0) is 13.1 Å². The van der Waals surface area contributed by atoms with E-state index in [2.05, 4.69) is 27.0 Å². The summed E-state index contributed by atoms with van der Waals surface area (Å²) in [6.07, 6.45) is 1.67. The smallest absolute Gasteiger partial charge is 0.195 e. The first-order valence-corrected chi connectivity index (χ1v) is 6.85. The maximum atomic E-state index is 6.15. The number of furan rings is 1. The molecule has 0 atom stereocenters. The van der Waals surface area contributed by atoms with E-state index in [9.17, 15) is 0 Å². The van der Waals surface area contributed by atoms with Gasteiger partial charge in [0.15, 0.2) is 10.1 Å². The van der Waals surface area contributed by atoms with E-state index in [0.717, 1.165) is 22.1 Å². The van der Waals surface area contributed by atoms with E-state index in [1.807, 2.05) is 12.1 Å². The van der Waals surface area contributed by atoms with E-state index in [0.29, 0.717) is 18.2 Å². The van der Waals surface area contributed by atoms with Crippen LogP contribution in [0, 0.1) is 6.92 Å². The maximum Gasteiger partial charge on any atom is 0.195 e. The zero-order valence-electron chi connectivity index (χ0n) is 9.81. The van der Waals surface area contributed by atoms with Crippen molar-refractivity contribution < 1.29 is 4.42 Å². The second-order valence-electron chi connectivity index (χ2n) is 4.03. The summed E-state index contributed by atoms with van der Waals surface area (Å²) in [5.74, 6) is 0.911. The van der Waals surface area contributed by atoms with Gasteiger partial charge in [0.2, 0.25) is 0 Å². The minimum Gasteiger partial charge on any atom is -0.468 e. The van der Waals surface area contributed by atoms with Crippen molar-refractivity contribution in [3.63, 3.8) is 0 Å². The molecule has 3 heterocycles. The number of thiazole rings is 1. The summed E-state index contributed by atoms with van der Waals surface area (Å²) in [6, 6.07) is 3.82. The van der Waals surface area contributed by atoms with Crippen LogP contribution in [-0.4, -0.2) is 9.38 Å². The minimum absolute atomic E-state index is 0.567. The lowest BCUT2D eigenvalue weighted by Gasteiger charge is -2.03. The van der Waals surface area contributed by atoms with Crippen LogP contribution >= 0.6 is 22.9 Å². The Morgan fingerprint density at radius 2 is 2.39 bits per heavy atom. The highest BCUT2D eigenvalue weighted by atomic mass is 35.5. The van der Waals surface area contributed by atoms with Crippen LogP contribution in [0.3, 0.4) is 0 Å². The Balaban J connectivity index is 1.77. The Morgan fingerprint density at radius 3 is 3.17 bits per heavy atom. The number of fused-ring (bicyclic) bond motifs is 1. The molecule has 3 rings (SSSR count). The largest absolute Gasteiger partial charge is 0.468 e. The SMILES string of the molecule is Cc1csc2nc(Cl)c(CNCc3ccco3)n12. The molecule has 0 saturated carbocycles.